The standard InChI is InChI=1S/C8H10FN3S/c1-5-2-3-7(6(9)4-5)11-8(13)12-10/h2-4H,10H2,1H3,(H2,11,12,13). The van der Waals surface area contributed by atoms with Gasteiger partial charge < -0.3 is 10.7 Å². The Morgan fingerprint density at radius 2 is 2.23 bits per heavy atom. The highest BCUT2D eigenvalue weighted by atomic mass is 32.1. The van der Waals surface area contributed by atoms with Crippen molar-refractivity contribution in [3.8, 4) is 0 Å². The van der Waals surface area contributed by atoms with Gasteiger partial charge in [-0.3, -0.25) is 0 Å². The van der Waals surface area contributed by atoms with Gasteiger partial charge in [0.15, 0.2) is 5.11 Å². The zero-order valence-corrected chi connectivity index (χ0v) is 7.91. The summed E-state index contributed by atoms with van der Waals surface area (Å²) >= 11 is 4.72. The maximum atomic E-state index is 13.2. The molecule has 0 aliphatic heterocycles. The van der Waals surface area contributed by atoms with E-state index >= 15 is 0 Å². The second kappa shape index (κ2) is 4.15. The summed E-state index contributed by atoms with van der Waals surface area (Å²) in [4.78, 5) is 0. The molecule has 0 saturated carbocycles. The fraction of sp³-hybridized carbons (Fsp3) is 0.125. The summed E-state index contributed by atoms with van der Waals surface area (Å²) in [6.07, 6.45) is 0. The number of thiocarbonyl (C=S) groups is 1. The Kier molecular flexibility index (Phi) is 3.16. The van der Waals surface area contributed by atoms with E-state index in [2.05, 4.69) is 10.7 Å². The minimum absolute atomic E-state index is 0.183. The lowest BCUT2D eigenvalue weighted by atomic mass is 10.2. The zero-order chi connectivity index (χ0) is 9.84. The first-order valence-corrected chi connectivity index (χ1v) is 4.08. The summed E-state index contributed by atoms with van der Waals surface area (Å²) in [6.45, 7) is 1.81. The van der Waals surface area contributed by atoms with Crippen LogP contribution in [-0.4, -0.2) is 5.11 Å². The van der Waals surface area contributed by atoms with E-state index in [1.807, 2.05) is 6.92 Å². The Labute approximate surface area is 81.1 Å². The lowest BCUT2D eigenvalue weighted by Crippen LogP contribution is -2.34. The van der Waals surface area contributed by atoms with Crippen LogP contribution in [0.2, 0.25) is 0 Å². The molecular formula is C8H10FN3S. The van der Waals surface area contributed by atoms with E-state index in [9.17, 15) is 4.39 Å². The average Bonchev–Trinajstić information content (AvgIpc) is 2.09. The summed E-state index contributed by atoms with van der Waals surface area (Å²) in [7, 11) is 0. The van der Waals surface area contributed by atoms with Crippen molar-refractivity contribution in [3.63, 3.8) is 0 Å². The number of hydrazine groups is 1. The van der Waals surface area contributed by atoms with Crippen molar-refractivity contribution >= 4 is 23.0 Å². The Morgan fingerprint density at radius 3 is 2.77 bits per heavy atom. The van der Waals surface area contributed by atoms with Gasteiger partial charge in [-0.05, 0) is 36.8 Å². The Hall–Kier alpha value is -1.20. The molecule has 0 fully saturated rings. The smallest absolute Gasteiger partial charge is 0.185 e. The van der Waals surface area contributed by atoms with Crippen molar-refractivity contribution in [3.05, 3.63) is 29.6 Å². The van der Waals surface area contributed by atoms with E-state index in [4.69, 9.17) is 18.1 Å². The molecule has 0 amide bonds. The van der Waals surface area contributed by atoms with Crippen molar-refractivity contribution in [2.24, 2.45) is 5.84 Å². The molecule has 13 heavy (non-hydrogen) atoms. The van der Waals surface area contributed by atoms with Crippen LogP contribution >= 0.6 is 12.2 Å². The van der Waals surface area contributed by atoms with Gasteiger partial charge in [-0.25, -0.2) is 10.2 Å². The Balaban J connectivity index is 2.83. The molecule has 5 heteroatoms. The molecule has 0 bridgehead atoms. The monoisotopic (exact) mass is 199 g/mol. The molecular weight excluding hydrogens is 189 g/mol. The largest absolute Gasteiger partial charge is 0.329 e. The number of rotatable bonds is 1. The van der Waals surface area contributed by atoms with Gasteiger partial charge in [0.25, 0.3) is 0 Å². The summed E-state index contributed by atoms with van der Waals surface area (Å²) in [5.74, 6) is 4.67. The number of halogens is 1. The van der Waals surface area contributed by atoms with Crippen LogP contribution < -0.4 is 16.6 Å². The number of hydrogen-bond acceptors (Lipinski definition) is 2. The van der Waals surface area contributed by atoms with Gasteiger partial charge in [-0.2, -0.15) is 0 Å². The summed E-state index contributed by atoms with van der Waals surface area (Å²) in [5, 5.41) is 2.79. The number of aryl methyl sites for hydroxylation is 1. The molecule has 0 heterocycles. The minimum Gasteiger partial charge on any atom is -0.329 e. The van der Waals surface area contributed by atoms with Crippen LogP contribution in [0.5, 0.6) is 0 Å². The van der Waals surface area contributed by atoms with Crippen LogP contribution in [0.1, 0.15) is 5.56 Å². The van der Waals surface area contributed by atoms with Gasteiger partial charge in [0.2, 0.25) is 0 Å². The van der Waals surface area contributed by atoms with Crippen LogP contribution in [0, 0.1) is 12.7 Å². The molecule has 0 aliphatic rings. The van der Waals surface area contributed by atoms with Gasteiger partial charge in [-0.15, -0.1) is 0 Å². The van der Waals surface area contributed by atoms with Crippen molar-refractivity contribution in [2.45, 2.75) is 6.92 Å². The number of benzene rings is 1. The van der Waals surface area contributed by atoms with E-state index in [0.717, 1.165) is 5.56 Å². The predicted molar refractivity (Wildman–Crippen MR) is 54.7 cm³/mol. The fourth-order valence-corrected chi connectivity index (χ4v) is 0.990. The third-order valence-corrected chi connectivity index (χ3v) is 1.72. The first-order valence-electron chi connectivity index (χ1n) is 3.67. The van der Waals surface area contributed by atoms with Crippen LogP contribution in [0.4, 0.5) is 10.1 Å². The highest BCUT2D eigenvalue weighted by Gasteiger charge is 2.02. The maximum Gasteiger partial charge on any atom is 0.185 e. The molecule has 1 aromatic carbocycles. The Bertz CT molecular complexity index is 327. The van der Waals surface area contributed by atoms with E-state index in [1.165, 1.54) is 6.07 Å². The lowest BCUT2D eigenvalue weighted by molar-refractivity contribution is 0.631. The number of anilines is 1. The second-order valence-electron chi connectivity index (χ2n) is 2.58. The van der Waals surface area contributed by atoms with Crippen molar-refractivity contribution in [1.82, 2.24) is 5.43 Å². The summed E-state index contributed by atoms with van der Waals surface area (Å²) in [6, 6.07) is 4.81. The molecule has 1 rings (SSSR count). The Morgan fingerprint density at radius 1 is 1.54 bits per heavy atom. The first kappa shape index (κ1) is 9.88. The van der Waals surface area contributed by atoms with Crippen LogP contribution in [0.3, 0.4) is 0 Å². The summed E-state index contributed by atoms with van der Waals surface area (Å²) < 4.78 is 13.2. The van der Waals surface area contributed by atoms with E-state index < -0.39 is 0 Å². The molecule has 0 unspecified atom stereocenters. The predicted octanol–water partition coefficient (Wildman–Crippen LogP) is 1.29. The third kappa shape index (κ3) is 2.64. The zero-order valence-electron chi connectivity index (χ0n) is 7.10. The first-order chi connectivity index (χ1) is 6.13. The lowest BCUT2D eigenvalue weighted by Gasteiger charge is -2.07. The van der Waals surface area contributed by atoms with Crippen LogP contribution in [0.15, 0.2) is 18.2 Å². The van der Waals surface area contributed by atoms with Gasteiger partial charge >= 0.3 is 0 Å². The van der Waals surface area contributed by atoms with E-state index in [-0.39, 0.29) is 10.9 Å². The molecule has 0 aromatic heterocycles. The molecule has 0 atom stereocenters. The van der Waals surface area contributed by atoms with Crippen LogP contribution in [-0.2, 0) is 0 Å². The molecule has 70 valence electrons. The highest BCUT2D eigenvalue weighted by Crippen LogP contribution is 2.14. The topological polar surface area (TPSA) is 50.1 Å². The molecule has 3 nitrogen and oxygen atoms in total. The van der Waals surface area contributed by atoms with E-state index in [0.29, 0.717) is 5.69 Å². The molecule has 0 saturated heterocycles. The second-order valence-corrected chi connectivity index (χ2v) is 2.99. The number of hydrogen-bond donors (Lipinski definition) is 3. The molecule has 0 radical (unpaired) electrons. The van der Waals surface area contributed by atoms with Gasteiger partial charge in [0, 0.05) is 0 Å². The van der Waals surface area contributed by atoms with Crippen molar-refractivity contribution in [1.29, 1.82) is 0 Å². The van der Waals surface area contributed by atoms with Gasteiger partial charge in [0.05, 0.1) is 5.69 Å². The maximum absolute atomic E-state index is 13.2. The molecule has 0 spiro atoms. The van der Waals surface area contributed by atoms with E-state index in [1.54, 1.807) is 12.1 Å². The SMILES string of the molecule is Cc1ccc(NC(=S)NN)c(F)c1. The van der Waals surface area contributed by atoms with Gasteiger partial charge in [-0.1, -0.05) is 6.07 Å². The third-order valence-electron chi connectivity index (χ3n) is 1.50. The quantitative estimate of drug-likeness (QED) is 0.362. The summed E-state index contributed by atoms with van der Waals surface area (Å²) in [5.41, 5.74) is 3.38. The van der Waals surface area contributed by atoms with Crippen molar-refractivity contribution < 1.29 is 4.39 Å². The van der Waals surface area contributed by atoms with Gasteiger partial charge in [0.1, 0.15) is 5.82 Å². The normalized spacial score (nSPS) is 9.46. The molecule has 0 aliphatic carbocycles. The number of nitrogens with two attached hydrogens (primary N) is 1. The van der Waals surface area contributed by atoms with Crippen molar-refractivity contribution in [2.75, 3.05) is 5.32 Å². The highest BCUT2D eigenvalue weighted by molar-refractivity contribution is 7.80. The van der Waals surface area contributed by atoms with Crippen LogP contribution in [0.25, 0.3) is 0 Å². The number of nitrogens with one attached hydrogen (secondary N) is 2. The molecule has 1 aromatic rings. The minimum atomic E-state index is -0.349. The molecule has 4 N–H and O–H groups in total. The fourth-order valence-electron chi connectivity index (χ4n) is 0.880. The average molecular weight is 199 g/mol.